The molecule has 5 aliphatic rings. The number of halogens is 1. The van der Waals surface area contributed by atoms with Crippen LogP contribution in [-0.4, -0.2) is 45.7 Å². The van der Waals surface area contributed by atoms with E-state index in [0.29, 0.717) is 34.6 Å². The Bertz CT molecular complexity index is 1450. The molecule has 4 fully saturated rings. The molecule has 0 aliphatic heterocycles. The largest absolute Gasteiger partial charge is 0.444 e. The topological polar surface area (TPSA) is 92.9 Å². The third-order valence-corrected chi connectivity index (χ3v) is 14.6. The Kier molecular flexibility index (Phi) is 13.2. The predicted octanol–water partition coefficient (Wildman–Crippen LogP) is 11.2. The van der Waals surface area contributed by atoms with Crippen LogP contribution in [0.2, 0.25) is 5.02 Å². The van der Waals surface area contributed by atoms with Gasteiger partial charge in [-0.25, -0.2) is 4.79 Å². The second kappa shape index (κ2) is 16.1. The van der Waals surface area contributed by atoms with Crippen molar-refractivity contribution in [2.45, 2.75) is 171 Å². The third kappa shape index (κ3) is 7.53. The number of aliphatic hydroxyl groups excluding tert-OH is 1. The van der Waals surface area contributed by atoms with E-state index in [1.165, 1.54) is 11.1 Å². The molecule has 9 unspecified atom stereocenters. The van der Waals surface area contributed by atoms with Crippen LogP contribution in [0.25, 0.3) is 0 Å². The molecule has 9 atom stereocenters. The molecule has 1 aromatic carbocycles. The number of aliphatic hydroxyl groups is 1. The Morgan fingerprint density at radius 3 is 2.12 bits per heavy atom. The second-order valence-electron chi connectivity index (χ2n) is 18.4. The summed E-state index contributed by atoms with van der Waals surface area (Å²) >= 11 is 6.17. The number of fused-ring (bicyclic) bond motifs is 7. The molecule has 52 heavy (non-hydrogen) atoms. The van der Waals surface area contributed by atoms with Crippen LogP contribution in [0.15, 0.2) is 35.4 Å². The first-order valence-corrected chi connectivity index (χ1v) is 21.2. The molecule has 0 spiro atoms. The smallest absolute Gasteiger partial charge is 0.410 e. The number of hydrogen-bond donors (Lipinski definition) is 2. The Morgan fingerprint density at radius 1 is 0.923 bits per heavy atom. The number of carbonyl (C=O) groups excluding carboxylic acids is 2. The highest BCUT2D eigenvalue weighted by molar-refractivity contribution is 6.30. The summed E-state index contributed by atoms with van der Waals surface area (Å²) in [6.45, 7) is 25.7. The first kappa shape index (κ1) is 42.8. The van der Waals surface area contributed by atoms with Crippen LogP contribution in [0.1, 0.15) is 153 Å². The zero-order valence-electron chi connectivity index (χ0n) is 34.8. The third-order valence-electron chi connectivity index (χ3n) is 14.4. The predicted molar refractivity (Wildman–Crippen MR) is 215 cm³/mol. The summed E-state index contributed by atoms with van der Waals surface area (Å²) in [7, 11) is 0. The summed E-state index contributed by atoms with van der Waals surface area (Å²) in [6, 6.07) is 7.44. The number of Topliss-reactive ketones (excluding diaryl/α,β-unsaturated/α-hetero) is 1. The van der Waals surface area contributed by atoms with E-state index in [9.17, 15) is 14.7 Å². The van der Waals surface area contributed by atoms with Crippen LogP contribution >= 0.6 is 11.6 Å². The van der Waals surface area contributed by atoms with Gasteiger partial charge in [0, 0.05) is 17.1 Å². The Morgan fingerprint density at radius 2 is 1.52 bits per heavy atom. The quantitative estimate of drug-likeness (QED) is 0.283. The number of ketones is 1. The monoisotopic (exact) mass is 741 g/mol. The lowest BCUT2D eigenvalue weighted by Gasteiger charge is -2.69. The number of allylic oxidation sites excluding steroid dienone is 1. The van der Waals surface area contributed by atoms with Gasteiger partial charge in [0.15, 0.2) is 5.78 Å². The van der Waals surface area contributed by atoms with Crippen molar-refractivity contribution < 1.29 is 19.4 Å². The van der Waals surface area contributed by atoms with Crippen molar-refractivity contribution in [2.24, 2.45) is 51.6 Å². The fourth-order valence-corrected chi connectivity index (χ4v) is 12.4. The van der Waals surface area contributed by atoms with E-state index in [0.717, 1.165) is 69.8 Å². The number of ether oxygens (including phenoxy) is 1. The Hall–Kier alpha value is -1.89. The Labute approximate surface area is 322 Å². The van der Waals surface area contributed by atoms with Crippen molar-refractivity contribution in [1.82, 2.24) is 4.90 Å². The van der Waals surface area contributed by atoms with Gasteiger partial charge in [-0.15, -0.1) is 0 Å². The molecule has 7 heteroatoms. The van der Waals surface area contributed by atoms with Crippen molar-refractivity contribution in [3.05, 3.63) is 46.0 Å². The lowest BCUT2D eigenvalue weighted by molar-refractivity contribution is -0.183. The maximum absolute atomic E-state index is 15.0. The standard InChI is InChI=1S/C41H61ClN2O4.2C2H6/c1-25(2)29-13-20-40(34(46)24-44(36(47)48-37(4,5)6)23-27-9-11-28(42)12-10-27)21-16-33-39(8)18-14-30-26(3)31(45)15-19-38(30,7)32(39)17-22-41(33,43)35(29)40;2*1-2/h9-12,25-26,30-33,45H,13-24,43H2,1-8H3;2*1-2H3. The number of nitrogens with two attached hydrogens (primary N) is 1. The van der Waals surface area contributed by atoms with Crippen molar-refractivity contribution in [2.75, 3.05) is 6.54 Å². The number of amides is 1. The van der Waals surface area contributed by atoms with Crippen molar-refractivity contribution in [1.29, 1.82) is 0 Å². The maximum Gasteiger partial charge on any atom is 0.410 e. The zero-order valence-corrected chi connectivity index (χ0v) is 35.6. The van der Waals surface area contributed by atoms with E-state index >= 15 is 0 Å². The Balaban J connectivity index is 0.00000146. The molecule has 6 rings (SSSR count). The van der Waals surface area contributed by atoms with Gasteiger partial charge in [-0.2, -0.15) is 0 Å². The first-order chi connectivity index (χ1) is 24.4. The van der Waals surface area contributed by atoms with Crippen molar-refractivity contribution in [3.63, 3.8) is 0 Å². The van der Waals surface area contributed by atoms with E-state index < -0.39 is 22.6 Å². The fraction of sp³-hybridized carbons (Fsp3) is 0.778. The van der Waals surface area contributed by atoms with Gasteiger partial charge >= 0.3 is 6.09 Å². The van der Waals surface area contributed by atoms with Gasteiger partial charge < -0.3 is 15.6 Å². The molecule has 1 amide bonds. The summed E-state index contributed by atoms with van der Waals surface area (Å²) in [5, 5.41) is 11.5. The molecular weight excluding hydrogens is 668 g/mol. The molecular formula is C45H73ClN2O4. The van der Waals surface area contributed by atoms with Gasteiger partial charge in [-0.1, -0.05) is 91.6 Å². The van der Waals surface area contributed by atoms with Gasteiger partial charge in [0.2, 0.25) is 0 Å². The van der Waals surface area contributed by atoms with E-state index in [1.54, 1.807) is 4.90 Å². The van der Waals surface area contributed by atoms with E-state index in [2.05, 4.69) is 34.6 Å². The summed E-state index contributed by atoms with van der Waals surface area (Å²) < 4.78 is 5.85. The van der Waals surface area contributed by atoms with Gasteiger partial charge in [0.25, 0.3) is 0 Å². The average molecular weight is 742 g/mol. The SMILES string of the molecule is CC.CC.CC(C)C1=C2C(C(=O)CN(Cc3ccc(Cl)cc3)C(=O)OC(C)(C)C)(CC1)CCC1C2(N)CCC2C3(C)CCC(O)C(C)C3CCC12C. The van der Waals surface area contributed by atoms with Crippen LogP contribution in [0.5, 0.6) is 0 Å². The van der Waals surface area contributed by atoms with Crippen LogP contribution in [0, 0.1) is 45.8 Å². The van der Waals surface area contributed by atoms with Gasteiger partial charge in [0.05, 0.1) is 18.1 Å². The first-order valence-electron chi connectivity index (χ1n) is 20.8. The minimum Gasteiger partial charge on any atom is -0.444 e. The van der Waals surface area contributed by atoms with Gasteiger partial charge in [0.1, 0.15) is 5.60 Å². The molecule has 3 N–H and O–H groups in total. The molecule has 0 bridgehead atoms. The molecule has 0 saturated heterocycles. The molecule has 4 saturated carbocycles. The maximum atomic E-state index is 15.0. The highest BCUT2D eigenvalue weighted by Gasteiger charge is 2.68. The molecule has 0 radical (unpaired) electrons. The average Bonchev–Trinajstić information content (AvgIpc) is 3.51. The van der Waals surface area contributed by atoms with E-state index in [4.69, 9.17) is 22.1 Å². The minimum absolute atomic E-state index is 0.00692. The van der Waals surface area contributed by atoms with Crippen LogP contribution in [0.3, 0.4) is 0 Å². The van der Waals surface area contributed by atoms with Crippen molar-refractivity contribution in [3.8, 4) is 0 Å². The molecule has 6 nitrogen and oxygen atoms in total. The normalized spacial score (nSPS) is 36.5. The van der Waals surface area contributed by atoms with Crippen LogP contribution in [0.4, 0.5) is 4.79 Å². The zero-order chi connectivity index (χ0) is 39.0. The molecule has 5 aliphatic carbocycles. The molecule has 294 valence electrons. The summed E-state index contributed by atoms with van der Waals surface area (Å²) in [5.74, 6) is 2.17. The second-order valence-corrected chi connectivity index (χ2v) is 18.8. The van der Waals surface area contributed by atoms with E-state index in [1.807, 2.05) is 72.7 Å². The van der Waals surface area contributed by atoms with Crippen LogP contribution in [-0.2, 0) is 16.1 Å². The number of nitrogens with zero attached hydrogens (tertiary/aromatic N) is 1. The molecule has 0 aromatic heterocycles. The van der Waals surface area contributed by atoms with Crippen LogP contribution < -0.4 is 5.73 Å². The lowest BCUT2D eigenvalue weighted by Crippen LogP contribution is -2.69. The van der Waals surface area contributed by atoms with Crippen molar-refractivity contribution >= 4 is 23.5 Å². The summed E-state index contributed by atoms with van der Waals surface area (Å²) in [6.07, 6.45) is 8.96. The van der Waals surface area contributed by atoms with Gasteiger partial charge in [-0.3, -0.25) is 9.69 Å². The summed E-state index contributed by atoms with van der Waals surface area (Å²) in [4.78, 5) is 30.2. The summed E-state index contributed by atoms with van der Waals surface area (Å²) in [5.41, 5.74) is 9.84. The highest BCUT2D eigenvalue weighted by Crippen LogP contribution is 2.72. The number of rotatable bonds is 6. The van der Waals surface area contributed by atoms with Gasteiger partial charge in [-0.05, 0) is 149 Å². The number of hydrogen-bond acceptors (Lipinski definition) is 5. The highest BCUT2D eigenvalue weighted by atomic mass is 35.5. The molecule has 0 heterocycles. The van der Waals surface area contributed by atoms with E-state index in [-0.39, 0.29) is 35.8 Å². The minimum atomic E-state index is -0.683. The lowest BCUT2D eigenvalue weighted by atomic mass is 9.36. The number of carbonyl (C=O) groups is 2. The number of benzene rings is 1. The fourth-order valence-electron chi connectivity index (χ4n) is 12.2. The molecule has 1 aromatic rings.